The van der Waals surface area contributed by atoms with Gasteiger partial charge in [-0.1, -0.05) is 41.9 Å². The Morgan fingerprint density at radius 2 is 1.82 bits per heavy atom. The molecule has 0 bridgehead atoms. The Morgan fingerprint density at radius 3 is 2.52 bits per heavy atom. The maximum Gasteiger partial charge on any atom is 0.412 e. The summed E-state index contributed by atoms with van der Waals surface area (Å²) in [5, 5.41) is 17.2. The Morgan fingerprint density at radius 1 is 1.10 bits per heavy atom. The van der Waals surface area contributed by atoms with Gasteiger partial charge >= 0.3 is 12.2 Å². The highest BCUT2D eigenvalue weighted by Crippen LogP contribution is 2.44. The molecule has 0 radical (unpaired) electrons. The maximum absolute atomic E-state index is 14.2. The summed E-state index contributed by atoms with van der Waals surface area (Å²) in [5.41, 5.74) is 0.274. The molecular formula is C29H27ClN4O6. The van der Waals surface area contributed by atoms with E-state index in [1.54, 1.807) is 30.0 Å². The van der Waals surface area contributed by atoms with E-state index in [4.69, 9.17) is 21.4 Å². The fourth-order valence-electron chi connectivity index (χ4n) is 5.31. The van der Waals surface area contributed by atoms with Gasteiger partial charge in [0.15, 0.2) is 5.60 Å². The quantitative estimate of drug-likeness (QED) is 0.339. The van der Waals surface area contributed by atoms with Crippen LogP contribution in [-0.4, -0.2) is 52.6 Å². The van der Waals surface area contributed by atoms with E-state index in [9.17, 15) is 19.2 Å². The number of carboxylic acid groups (broad SMARTS) is 1. The van der Waals surface area contributed by atoms with Crippen molar-refractivity contribution in [2.75, 3.05) is 23.7 Å². The SMILES string of the molecule is C[C@@](Cc1ccccc1)(NC(=O)c1ccc(NC(=O)O)cc1)C(=O)N1CCC2(C1)OC(=O)Nc1ccc(Cl)cc12. The van der Waals surface area contributed by atoms with E-state index in [0.717, 1.165) is 5.56 Å². The van der Waals surface area contributed by atoms with E-state index >= 15 is 0 Å². The largest absolute Gasteiger partial charge is 0.465 e. The molecule has 2 aliphatic rings. The van der Waals surface area contributed by atoms with E-state index in [2.05, 4.69) is 16.0 Å². The third kappa shape index (κ3) is 5.43. The van der Waals surface area contributed by atoms with Crippen LogP contribution in [0.3, 0.4) is 0 Å². The van der Waals surface area contributed by atoms with E-state index in [0.29, 0.717) is 34.9 Å². The first-order valence-corrected chi connectivity index (χ1v) is 13.0. The van der Waals surface area contributed by atoms with E-state index in [-0.39, 0.29) is 24.4 Å². The first-order valence-electron chi connectivity index (χ1n) is 12.6. The van der Waals surface area contributed by atoms with Crippen LogP contribution in [0.1, 0.15) is 34.8 Å². The van der Waals surface area contributed by atoms with Crippen LogP contribution in [0, 0.1) is 0 Å². The summed E-state index contributed by atoms with van der Waals surface area (Å²) < 4.78 is 5.78. The molecule has 1 unspecified atom stereocenters. The minimum absolute atomic E-state index is 0.0996. The van der Waals surface area contributed by atoms with E-state index in [1.165, 1.54) is 24.3 Å². The number of likely N-dealkylation sites (tertiary alicyclic amines) is 1. The second-order valence-corrected chi connectivity index (χ2v) is 10.6. The van der Waals surface area contributed by atoms with Crippen molar-refractivity contribution in [1.82, 2.24) is 10.2 Å². The third-order valence-corrected chi connectivity index (χ3v) is 7.41. The lowest BCUT2D eigenvalue weighted by atomic mass is 9.89. The van der Waals surface area contributed by atoms with Gasteiger partial charge in [0.1, 0.15) is 5.54 Å². The second kappa shape index (κ2) is 10.5. The third-order valence-electron chi connectivity index (χ3n) is 7.18. The zero-order valence-electron chi connectivity index (χ0n) is 21.6. The van der Waals surface area contributed by atoms with Crippen LogP contribution in [0.15, 0.2) is 72.8 Å². The van der Waals surface area contributed by atoms with Crippen molar-refractivity contribution in [2.45, 2.75) is 30.9 Å². The van der Waals surface area contributed by atoms with Gasteiger partial charge in [0.05, 0.1) is 12.2 Å². The standard InChI is InChI=1S/C29H27ClN4O6/c1-28(16-18-5-3-2-4-6-18,33-24(35)19-7-10-21(11-8-19)31-26(37)38)25(36)34-14-13-29(17-34)22-15-20(30)9-12-23(22)32-27(39)40-29/h2-12,15,31H,13-14,16-17H2,1H3,(H,32,39)(H,33,35)(H,37,38)/t28-,29?/m0/s1. The first kappa shape index (κ1) is 27.0. The number of nitrogens with zero attached hydrogens (tertiary/aromatic N) is 1. The van der Waals surface area contributed by atoms with Crippen molar-refractivity contribution in [1.29, 1.82) is 0 Å². The number of anilines is 2. The highest BCUT2D eigenvalue weighted by atomic mass is 35.5. The highest BCUT2D eigenvalue weighted by Gasteiger charge is 2.51. The van der Waals surface area contributed by atoms with Crippen molar-refractivity contribution >= 4 is 47.0 Å². The van der Waals surface area contributed by atoms with Crippen LogP contribution in [0.5, 0.6) is 0 Å². The molecule has 2 aliphatic heterocycles. The molecule has 4 N–H and O–H groups in total. The molecule has 1 spiro atoms. The number of nitrogens with one attached hydrogen (secondary N) is 3. The lowest BCUT2D eigenvalue weighted by Crippen LogP contribution is -2.59. The minimum atomic E-state index is -1.35. The maximum atomic E-state index is 14.2. The van der Waals surface area contributed by atoms with Crippen LogP contribution in [-0.2, 0) is 21.6 Å². The van der Waals surface area contributed by atoms with Crippen molar-refractivity contribution in [3.63, 3.8) is 0 Å². The number of carbonyl (C=O) groups excluding carboxylic acids is 3. The van der Waals surface area contributed by atoms with Gasteiger partial charge in [0.25, 0.3) is 5.91 Å². The molecule has 40 heavy (non-hydrogen) atoms. The van der Waals surface area contributed by atoms with Gasteiger partial charge < -0.3 is 20.1 Å². The molecule has 206 valence electrons. The fraction of sp³-hybridized carbons (Fsp3) is 0.241. The Labute approximate surface area is 235 Å². The molecule has 2 atom stereocenters. The zero-order valence-corrected chi connectivity index (χ0v) is 22.3. The first-order chi connectivity index (χ1) is 19.1. The Hall–Kier alpha value is -4.57. The molecule has 2 heterocycles. The van der Waals surface area contributed by atoms with E-state index < -0.39 is 29.2 Å². The summed E-state index contributed by atoms with van der Waals surface area (Å²) in [6.07, 6.45) is -1.24. The fourth-order valence-corrected chi connectivity index (χ4v) is 5.48. The number of carbonyl (C=O) groups is 4. The monoisotopic (exact) mass is 562 g/mol. The van der Waals surface area contributed by atoms with E-state index in [1.807, 2.05) is 30.3 Å². The molecule has 0 aliphatic carbocycles. The van der Waals surface area contributed by atoms with Crippen molar-refractivity contribution < 1.29 is 29.0 Å². The molecule has 1 fully saturated rings. The molecular weight excluding hydrogens is 536 g/mol. The topological polar surface area (TPSA) is 137 Å². The predicted molar refractivity (Wildman–Crippen MR) is 149 cm³/mol. The van der Waals surface area contributed by atoms with Gasteiger partial charge in [-0.2, -0.15) is 0 Å². The number of hydrogen-bond acceptors (Lipinski definition) is 5. The molecule has 5 rings (SSSR count). The number of halogens is 1. The molecule has 0 saturated carbocycles. The van der Waals surface area contributed by atoms with Gasteiger partial charge in [-0.25, -0.2) is 9.59 Å². The minimum Gasteiger partial charge on any atom is -0.465 e. The number of ether oxygens (including phenoxy) is 1. The Kier molecular flexibility index (Phi) is 7.12. The van der Waals surface area contributed by atoms with Gasteiger partial charge in [-0.05, 0) is 55.0 Å². The number of rotatable bonds is 6. The summed E-state index contributed by atoms with van der Waals surface area (Å²) in [5.74, 6) is -0.822. The number of fused-ring (bicyclic) bond motifs is 2. The van der Waals surface area contributed by atoms with Crippen LogP contribution >= 0.6 is 11.6 Å². The zero-order chi connectivity index (χ0) is 28.5. The average Bonchev–Trinajstić information content (AvgIpc) is 3.33. The predicted octanol–water partition coefficient (Wildman–Crippen LogP) is 4.85. The number of benzene rings is 3. The van der Waals surface area contributed by atoms with Gasteiger partial charge in [-0.15, -0.1) is 0 Å². The van der Waals surface area contributed by atoms with Crippen molar-refractivity contribution in [2.24, 2.45) is 0 Å². The van der Waals surface area contributed by atoms with Crippen molar-refractivity contribution in [3.8, 4) is 0 Å². The Balaban J connectivity index is 1.42. The molecule has 3 aromatic carbocycles. The smallest absolute Gasteiger partial charge is 0.412 e. The summed E-state index contributed by atoms with van der Waals surface area (Å²) in [6, 6.07) is 20.4. The lowest BCUT2D eigenvalue weighted by Gasteiger charge is -2.37. The number of amides is 4. The molecule has 10 nitrogen and oxygen atoms in total. The van der Waals surface area contributed by atoms with Crippen molar-refractivity contribution in [3.05, 3.63) is 94.5 Å². The summed E-state index contributed by atoms with van der Waals surface area (Å²) in [7, 11) is 0. The molecule has 3 aromatic rings. The summed E-state index contributed by atoms with van der Waals surface area (Å²) in [4.78, 5) is 52.4. The van der Waals surface area contributed by atoms with Gasteiger partial charge in [0, 0.05) is 41.2 Å². The van der Waals surface area contributed by atoms with Gasteiger partial charge in [0.2, 0.25) is 5.91 Å². The van der Waals surface area contributed by atoms with Gasteiger partial charge in [-0.3, -0.25) is 20.2 Å². The van der Waals surface area contributed by atoms with Crippen LogP contribution in [0.2, 0.25) is 5.02 Å². The molecule has 0 aromatic heterocycles. The number of hydrogen-bond donors (Lipinski definition) is 4. The second-order valence-electron chi connectivity index (χ2n) is 10.1. The van der Waals surface area contributed by atoms with Crippen LogP contribution < -0.4 is 16.0 Å². The summed E-state index contributed by atoms with van der Waals surface area (Å²) in [6.45, 7) is 2.07. The molecule has 1 saturated heterocycles. The Bertz CT molecular complexity index is 1480. The summed E-state index contributed by atoms with van der Waals surface area (Å²) >= 11 is 6.26. The van der Waals surface area contributed by atoms with Crippen LogP contribution in [0.25, 0.3) is 0 Å². The lowest BCUT2D eigenvalue weighted by molar-refractivity contribution is -0.137. The molecule has 11 heteroatoms. The average molecular weight is 563 g/mol. The molecule has 4 amide bonds. The van der Waals surface area contributed by atoms with Crippen LogP contribution in [0.4, 0.5) is 21.0 Å². The highest BCUT2D eigenvalue weighted by molar-refractivity contribution is 6.30. The normalized spacial score (nSPS) is 19.1.